The smallest absolute Gasteiger partial charge is 0.307 e. The molecule has 0 amide bonds. The highest BCUT2D eigenvalue weighted by Crippen LogP contribution is 2.31. The Bertz CT molecular complexity index is 383. The van der Waals surface area contributed by atoms with Gasteiger partial charge in [-0.2, -0.15) is 0 Å². The second kappa shape index (κ2) is 4.38. The Morgan fingerprint density at radius 2 is 1.69 bits per heavy atom. The Labute approximate surface area is 94.3 Å². The molecule has 16 heavy (non-hydrogen) atoms. The standard InChI is InChI=1S/C11H14NO4/c1-6-8(10(13)15-4)9(11(14)16-5)7(2)12(6)3/h3,8-9H,1H2,2,4-5H3. The molecule has 0 aromatic heterocycles. The van der Waals surface area contributed by atoms with Gasteiger partial charge in [-0.3, -0.25) is 9.59 Å². The number of methoxy groups -OCH3 is 2. The molecule has 0 aliphatic carbocycles. The van der Waals surface area contributed by atoms with Gasteiger partial charge in [0.2, 0.25) is 0 Å². The molecule has 2 atom stereocenters. The van der Waals surface area contributed by atoms with Crippen LogP contribution in [0.5, 0.6) is 0 Å². The quantitative estimate of drug-likeness (QED) is 0.383. The van der Waals surface area contributed by atoms with E-state index in [-0.39, 0.29) is 0 Å². The van der Waals surface area contributed by atoms with Gasteiger partial charge in [0.05, 0.1) is 32.7 Å². The monoisotopic (exact) mass is 224 g/mol. The Kier molecular flexibility index (Phi) is 3.37. The van der Waals surface area contributed by atoms with E-state index in [0.717, 1.165) is 0 Å². The van der Waals surface area contributed by atoms with Crippen molar-refractivity contribution in [2.45, 2.75) is 6.92 Å². The highest BCUT2D eigenvalue weighted by Gasteiger charge is 2.45. The summed E-state index contributed by atoms with van der Waals surface area (Å²) in [4.78, 5) is 23.1. The normalized spacial score (nSPS) is 24.6. The first-order valence-electron chi connectivity index (χ1n) is 4.68. The lowest BCUT2D eigenvalue weighted by molar-refractivity contribution is -0.406. The van der Waals surface area contributed by atoms with Gasteiger partial charge in [0.25, 0.3) is 0 Å². The molecule has 0 aromatic rings. The van der Waals surface area contributed by atoms with Gasteiger partial charge < -0.3 is 14.0 Å². The Morgan fingerprint density at radius 1 is 1.25 bits per heavy atom. The predicted octanol–water partition coefficient (Wildman–Crippen LogP) is 0.234. The molecule has 0 saturated heterocycles. The lowest BCUT2D eigenvalue weighted by Crippen LogP contribution is -2.32. The van der Waals surface area contributed by atoms with Gasteiger partial charge in [0, 0.05) is 0 Å². The van der Waals surface area contributed by atoms with Crippen molar-refractivity contribution in [2.75, 3.05) is 14.2 Å². The van der Waals surface area contributed by atoms with Crippen LogP contribution in [-0.4, -0.2) is 36.4 Å². The van der Waals surface area contributed by atoms with Crippen molar-refractivity contribution in [3.63, 3.8) is 0 Å². The number of carbonyl (C=O) groups excluding carboxylic acids is 2. The molecule has 0 bridgehead atoms. The van der Waals surface area contributed by atoms with Crippen LogP contribution in [0.1, 0.15) is 6.92 Å². The van der Waals surface area contributed by atoms with Gasteiger partial charge in [-0.05, 0) is 6.92 Å². The second-order valence-electron chi connectivity index (χ2n) is 3.50. The minimum absolute atomic E-state index is 0.333. The van der Waals surface area contributed by atoms with Crippen molar-refractivity contribution in [3.8, 4) is 0 Å². The SMILES string of the molecule is [CH-][N+]1=C(C)C(C(=O)OC)C(C(=O)OC)C1=C. The van der Waals surface area contributed by atoms with Crippen molar-refractivity contribution in [2.24, 2.45) is 11.8 Å². The van der Waals surface area contributed by atoms with Crippen molar-refractivity contribution >= 4 is 17.7 Å². The minimum Gasteiger partial charge on any atom is -0.469 e. The average Bonchev–Trinajstić information content (AvgIpc) is 2.51. The topological polar surface area (TPSA) is 55.6 Å². The summed E-state index contributed by atoms with van der Waals surface area (Å²) in [7, 11) is 8.17. The van der Waals surface area contributed by atoms with Crippen LogP contribution in [-0.2, 0) is 19.1 Å². The Morgan fingerprint density at radius 3 is 2.12 bits per heavy atom. The van der Waals surface area contributed by atoms with Crippen LogP contribution in [0.4, 0.5) is 0 Å². The molecule has 5 nitrogen and oxygen atoms in total. The van der Waals surface area contributed by atoms with Gasteiger partial charge in [-0.25, -0.2) is 0 Å². The maximum atomic E-state index is 11.6. The predicted molar refractivity (Wildman–Crippen MR) is 55.4 cm³/mol. The third-order valence-electron chi connectivity index (χ3n) is 2.74. The summed E-state index contributed by atoms with van der Waals surface area (Å²) in [6, 6.07) is 0. The van der Waals surface area contributed by atoms with Crippen LogP contribution >= 0.6 is 0 Å². The summed E-state index contributed by atoms with van der Waals surface area (Å²) in [5.74, 6) is -2.63. The minimum atomic E-state index is -0.803. The molecular weight excluding hydrogens is 210 g/mol. The number of esters is 2. The van der Waals surface area contributed by atoms with E-state index < -0.39 is 23.8 Å². The first-order valence-corrected chi connectivity index (χ1v) is 4.68. The van der Waals surface area contributed by atoms with Gasteiger partial charge in [0.15, 0.2) is 0 Å². The third kappa shape index (κ3) is 1.68. The molecule has 0 spiro atoms. The fraction of sp³-hybridized carbons (Fsp3) is 0.455. The molecule has 0 saturated carbocycles. The molecular formula is C11H14NO4. The van der Waals surface area contributed by atoms with E-state index in [0.29, 0.717) is 11.4 Å². The highest BCUT2D eigenvalue weighted by atomic mass is 16.5. The molecule has 1 heterocycles. The molecule has 1 aliphatic rings. The number of rotatable bonds is 2. The van der Waals surface area contributed by atoms with Gasteiger partial charge in [0.1, 0.15) is 11.8 Å². The molecule has 1 aliphatic heterocycles. The summed E-state index contributed by atoms with van der Waals surface area (Å²) >= 11 is 0. The van der Waals surface area contributed by atoms with Gasteiger partial charge in [-0.1, -0.05) is 6.58 Å². The van der Waals surface area contributed by atoms with Crippen molar-refractivity contribution < 1.29 is 23.6 Å². The zero-order valence-corrected chi connectivity index (χ0v) is 9.52. The summed E-state index contributed by atoms with van der Waals surface area (Å²) in [5, 5.41) is 0. The largest absolute Gasteiger partial charge is 0.469 e. The zero-order chi connectivity index (χ0) is 12.5. The average molecular weight is 224 g/mol. The molecule has 5 heteroatoms. The van der Waals surface area contributed by atoms with Crippen LogP contribution in [0.3, 0.4) is 0 Å². The maximum Gasteiger partial charge on any atom is 0.307 e. The van der Waals surface area contributed by atoms with E-state index >= 15 is 0 Å². The summed E-state index contributed by atoms with van der Waals surface area (Å²) in [5.41, 5.74) is 0.854. The maximum absolute atomic E-state index is 11.6. The fourth-order valence-corrected chi connectivity index (χ4v) is 1.79. The summed E-state index contributed by atoms with van der Waals surface area (Å²) in [6.45, 7) is 5.32. The first-order chi connectivity index (χ1) is 7.45. The van der Waals surface area contributed by atoms with E-state index in [9.17, 15) is 9.59 Å². The van der Waals surface area contributed by atoms with Crippen LogP contribution in [0.25, 0.3) is 0 Å². The Balaban J connectivity index is 3.14. The van der Waals surface area contributed by atoms with Gasteiger partial charge >= 0.3 is 11.9 Å². The number of ether oxygens (including phenoxy) is 2. The first kappa shape index (κ1) is 12.3. The second-order valence-corrected chi connectivity index (χ2v) is 3.50. The Hall–Kier alpha value is -1.78. The van der Waals surface area contributed by atoms with E-state index in [1.807, 2.05) is 0 Å². The lowest BCUT2D eigenvalue weighted by atomic mass is 9.90. The van der Waals surface area contributed by atoms with Crippen LogP contribution < -0.4 is 0 Å². The summed E-state index contributed by atoms with van der Waals surface area (Å²) < 4.78 is 10.5. The molecule has 1 rings (SSSR count). The highest BCUT2D eigenvalue weighted by molar-refractivity contribution is 6.04. The van der Waals surface area contributed by atoms with Crippen LogP contribution in [0, 0.1) is 18.9 Å². The van der Waals surface area contributed by atoms with E-state index in [4.69, 9.17) is 7.05 Å². The molecule has 0 N–H and O–H groups in total. The molecule has 1 radical (unpaired) electrons. The number of hydrogen-bond donors (Lipinski definition) is 0. The van der Waals surface area contributed by atoms with Gasteiger partial charge in [-0.15, -0.1) is 0 Å². The van der Waals surface area contributed by atoms with Crippen LogP contribution in [0.2, 0.25) is 0 Å². The lowest BCUT2D eigenvalue weighted by Gasteiger charge is -2.15. The molecule has 0 aromatic carbocycles. The van der Waals surface area contributed by atoms with E-state index in [2.05, 4.69) is 16.1 Å². The molecule has 0 fully saturated rings. The number of nitrogens with zero attached hydrogens (tertiary/aromatic N) is 1. The van der Waals surface area contributed by atoms with E-state index in [1.54, 1.807) is 6.92 Å². The van der Waals surface area contributed by atoms with Crippen LogP contribution in [0.15, 0.2) is 12.3 Å². The number of carbonyl (C=O) groups is 2. The fourth-order valence-electron chi connectivity index (χ4n) is 1.79. The van der Waals surface area contributed by atoms with Crippen molar-refractivity contribution in [1.82, 2.24) is 0 Å². The molecule has 87 valence electrons. The molecule has 2 unspecified atom stereocenters. The van der Waals surface area contributed by atoms with Crippen molar-refractivity contribution in [1.29, 1.82) is 0 Å². The summed E-state index contributed by atoms with van der Waals surface area (Å²) in [6.07, 6.45) is 0. The van der Waals surface area contributed by atoms with Crippen molar-refractivity contribution in [3.05, 3.63) is 19.3 Å². The zero-order valence-electron chi connectivity index (χ0n) is 9.52. The third-order valence-corrected chi connectivity index (χ3v) is 2.74. The van der Waals surface area contributed by atoms with E-state index in [1.165, 1.54) is 18.8 Å². The number of hydrogen-bond acceptors (Lipinski definition) is 4.